The van der Waals surface area contributed by atoms with Crippen LogP contribution < -0.4 is 10.7 Å². The topological polar surface area (TPSA) is 83.4 Å². The van der Waals surface area contributed by atoms with Crippen molar-refractivity contribution in [1.29, 1.82) is 0 Å². The van der Waals surface area contributed by atoms with Crippen LogP contribution in [0.25, 0.3) is 0 Å². The van der Waals surface area contributed by atoms with E-state index >= 15 is 0 Å². The van der Waals surface area contributed by atoms with Gasteiger partial charge in [-0.05, 0) is 36.8 Å². The number of hydrazone groups is 1. The molecule has 6 nitrogen and oxygen atoms in total. The number of carbonyl (C=O) groups is 2. The first-order valence-corrected chi connectivity index (χ1v) is 7.29. The number of hydrogen-bond acceptors (Lipinski definition) is 4. The van der Waals surface area contributed by atoms with Crippen molar-refractivity contribution in [3.63, 3.8) is 0 Å². The Morgan fingerprint density at radius 1 is 1.25 bits per heavy atom. The molecule has 0 saturated carbocycles. The second-order valence-corrected chi connectivity index (χ2v) is 5.11. The second kappa shape index (κ2) is 8.52. The van der Waals surface area contributed by atoms with Gasteiger partial charge in [0.25, 0.3) is 5.91 Å². The predicted molar refractivity (Wildman–Crippen MR) is 87.7 cm³/mol. The maximum atomic E-state index is 13.0. The van der Waals surface area contributed by atoms with Crippen LogP contribution in [-0.4, -0.2) is 22.5 Å². The Morgan fingerprint density at radius 2 is 2.08 bits per heavy atom. The molecule has 0 radical (unpaired) electrons. The van der Waals surface area contributed by atoms with Gasteiger partial charge in [0.05, 0.1) is 6.42 Å². The Labute approximate surface area is 138 Å². The highest BCUT2D eigenvalue weighted by molar-refractivity contribution is 6.01. The standard InChI is InChI=1S/C17H17FN4O2/c1-12(8-16(23)20-11-13-4-3-7-19-10-13)21-22-17(24)14-5-2-6-15(18)9-14/h2-7,9-10H,8,11H2,1H3,(H,20,23)(H,22,24)/b21-12+. The zero-order chi connectivity index (χ0) is 17.4. The third-order valence-corrected chi connectivity index (χ3v) is 3.06. The Kier molecular flexibility index (Phi) is 6.13. The summed E-state index contributed by atoms with van der Waals surface area (Å²) in [4.78, 5) is 27.6. The van der Waals surface area contributed by atoms with Crippen molar-refractivity contribution < 1.29 is 14.0 Å². The van der Waals surface area contributed by atoms with Gasteiger partial charge in [-0.3, -0.25) is 14.6 Å². The fourth-order valence-electron chi connectivity index (χ4n) is 1.88. The molecule has 2 rings (SSSR count). The smallest absolute Gasteiger partial charge is 0.271 e. The van der Waals surface area contributed by atoms with Gasteiger partial charge in [-0.25, -0.2) is 9.82 Å². The number of aromatic nitrogens is 1. The Balaban J connectivity index is 1.80. The molecule has 0 saturated heterocycles. The SMILES string of the molecule is C/C(CC(=O)NCc1cccnc1)=N\NC(=O)c1cccc(F)c1. The van der Waals surface area contributed by atoms with E-state index in [0.29, 0.717) is 12.3 Å². The average molecular weight is 328 g/mol. The number of nitrogens with zero attached hydrogens (tertiary/aromatic N) is 2. The molecule has 2 amide bonds. The van der Waals surface area contributed by atoms with Crippen molar-refractivity contribution in [3.8, 4) is 0 Å². The minimum Gasteiger partial charge on any atom is -0.352 e. The van der Waals surface area contributed by atoms with Gasteiger partial charge in [0.1, 0.15) is 5.82 Å². The first kappa shape index (κ1) is 17.3. The summed E-state index contributed by atoms with van der Waals surface area (Å²) in [7, 11) is 0. The molecule has 2 N–H and O–H groups in total. The Morgan fingerprint density at radius 3 is 2.79 bits per heavy atom. The molecular formula is C17H17FN4O2. The van der Waals surface area contributed by atoms with Crippen LogP contribution in [0, 0.1) is 5.82 Å². The number of halogens is 1. The van der Waals surface area contributed by atoms with Gasteiger partial charge in [-0.2, -0.15) is 5.10 Å². The van der Waals surface area contributed by atoms with E-state index in [4.69, 9.17) is 0 Å². The van der Waals surface area contributed by atoms with Crippen LogP contribution >= 0.6 is 0 Å². The monoisotopic (exact) mass is 328 g/mol. The summed E-state index contributed by atoms with van der Waals surface area (Å²) in [5.41, 5.74) is 3.78. The Hall–Kier alpha value is -3.09. The van der Waals surface area contributed by atoms with Crippen molar-refractivity contribution in [2.24, 2.45) is 5.10 Å². The van der Waals surface area contributed by atoms with Crippen LogP contribution in [0.4, 0.5) is 4.39 Å². The molecule has 0 bridgehead atoms. The number of rotatable bonds is 6. The first-order chi connectivity index (χ1) is 11.5. The van der Waals surface area contributed by atoms with Crippen molar-refractivity contribution in [2.75, 3.05) is 0 Å². The molecule has 1 heterocycles. The number of carbonyl (C=O) groups excluding carboxylic acids is 2. The molecule has 1 aromatic heterocycles. The first-order valence-electron chi connectivity index (χ1n) is 7.29. The van der Waals surface area contributed by atoms with E-state index < -0.39 is 11.7 Å². The number of nitrogens with one attached hydrogen (secondary N) is 2. The molecular weight excluding hydrogens is 311 g/mol. The molecule has 0 spiro atoms. The highest BCUT2D eigenvalue weighted by Gasteiger charge is 2.07. The highest BCUT2D eigenvalue weighted by atomic mass is 19.1. The van der Waals surface area contributed by atoms with E-state index in [1.54, 1.807) is 25.4 Å². The second-order valence-electron chi connectivity index (χ2n) is 5.11. The lowest BCUT2D eigenvalue weighted by atomic mass is 10.2. The maximum absolute atomic E-state index is 13.0. The zero-order valence-electron chi connectivity index (χ0n) is 13.1. The van der Waals surface area contributed by atoms with Crippen LogP contribution in [0.3, 0.4) is 0 Å². The van der Waals surface area contributed by atoms with Gasteiger partial charge >= 0.3 is 0 Å². The fraction of sp³-hybridized carbons (Fsp3) is 0.176. The van der Waals surface area contributed by atoms with Gasteiger partial charge in [0, 0.05) is 30.2 Å². The number of pyridine rings is 1. The van der Waals surface area contributed by atoms with Gasteiger partial charge in [-0.15, -0.1) is 0 Å². The summed E-state index contributed by atoms with van der Waals surface area (Å²) in [5, 5.41) is 6.58. The number of benzene rings is 1. The quantitative estimate of drug-likeness (QED) is 0.629. The third-order valence-electron chi connectivity index (χ3n) is 3.06. The molecule has 7 heteroatoms. The van der Waals surface area contributed by atoms with Crippen molar-refractivity contribution >= 4 is 17.5 Å². The minimum absolute atomic E-state index is 0.0453. The van der Waals surface area contributed by atoms with Crippen molar-refractivity contribution in [2.45, 2.75) is 19.9 Å². The molecule has 0 atom stereocenters. The van der Waals surface area contributed by atoms with E-state index in [-0.39, 0.29) is 17.9 Å². The number of hydrogen-bond donors (Lipinski definition) is 2. The van der Waals surface area contributed by atoms with Crippen LogP contribution in [0.5, 0.6) is 0 Å². The molecule has 124 valence electrons. The van der Waals surface area contributed by atoms with E-state index in [2.05, 4.69) is 20.8 Å². The van der Waals surface area contributed by atoms with Gasteiger partial charge in [0.2, 0.25) is 5.91 Å². The average Bonchev–Trinajstić information content (AvgIpc) is 2.59. The summed E-state index contributed by atoms with van der Waals surface area (Å²) in [5.74, 6) is -1.26. The lowest BCUT2D eigenvalue weighted by Gasteiger charge is -2.05. The normalized spacial score (nSPS) is 11.0. The van der Waals surface area contributed by atoms with E-state index in [0.717, 1.165) is 11.6 Å². The molecule has 0 aliphatic rings. The third kappa shape index (κ3) is 5.60. The van der Waals surface area contributed by atoms with Crippen LogP contribution in [0.2, 0.25) is 0 Å². The van der Waals surface area contributed by atoms with E-state index in [9.17, 15) is 14.0 Å². The van der Waals surface area contributed by atoms with Crippen LogP contribution in [0.1, 0.15) is 29.3 Å². The molecule has 0 aliphatic heterocycles. The van der Waals surface area contributed by atoms with Crippen molar-refractivity contribution in [3.05, 3.63) is 65.7 Å². The van der Waals surface area contributed by atoms with E-state index in [1.807, 2.05) is 6.07 Å². The van der Waals surface area contributed by atoms with Gasteiger partial charge in [-0.1, -0.05) is 12.1 Å². The van der Waals surface area contributed by atoms with Crippen LogP contribution in [-0.2, 0) is 11.3 Å². The largest absolute Gasteiger partial charge is 0.352 e. The lowest BCUT2D eigenvalue weighted by molar-refractivity contribution is -0.120. The lowest BCUT2D eigenvalue weighted by Crippen LogP contribution is -2.26. The highest BCUT2D eigenvalue weighted by Crippen LogP contribution is 2.03. The molecule has 0 unspecified atom stereocenters. The predicted octanol–water partition coefficient (Wildman–Crippen LogP) is 2.03. The maximum Gasteiger partial charge on any atom is 0.271 e. The summed E-state index contributed by atoms with van der Waals surface area (Å²) < 4.78 is 13.0. The van der Waals surface area contributed by atoms with Gasteiger partial charge in [0.15, 0.2) is 0 Å². The van der Waals surface area contributed by atoms with Crippen molar-refractivity contribution in [1.82, 2.24) is 15.7 Å². The number of amides is 2. The molecule has 0 fully saturated rings. The Bertz CT molecular complexity index is 747. The van der Waals surface area contributed by atoms with Gasteiger partial charge < -0.3 is 5.32 Å². The zero-order valence-corrected chi connectivity index (χ0v) is 13.1. The fourth-order valence-corrected chi connectivity index (χ4v) is 1.88. The molecule has 1 aromatic carbocycles. The molecule has 24 heavy (non-hydrogen) atoms. The molecule has 0 aliphatic carbocycles. The van der Waals surface area contributed by atoms with E-state index in [1.165, 1.54) is 18.2 Å². The summed E-state index contributed by atoms with van der Waals surface area (Å²) >= 11 is 0. The van der Waals surface area contributed by atoms with Crippen LogP contribution in [0.15, 0.2) is 53.9 Å². The molecule has 2 aromatic rings. The summed E-state index contributed by atoms with van der Waals surface area (Å²) in [6.45, 7) is 1.99. The minimum atomic E-state index is -0.537. The summed E-state index contributed by atoms with van der Waals surface area (Å²) in [6.07, 6.45) is 3.37. The summed E-state index contributed by atoms with van der Waals surface area (Å²) in [6, 6.07) is 8.92.